The van der Waals surface area contributed by atoms with Crippen molar-refractivity contribution in [3.8, 4) is 0 Å². The van der Waals surface area contributed by atoms with Crippen LogP contribution in [0.15, 0.2) is 23.5 Å². The number of rotatable bonds is 4. The fourth-order valence-electron chi connectivity index (χ4n) is 2.73. The fourth-order valence-corrected chi connectivity index (χ4v) is 2.73. The zero-order chi connectivity index (χ0) is 16.0. The minimum Gasteiger partial charge on any atom is -0.372 e. The number of nitrogens with one attached hydrogen (secondary N) is 1. The van der Waals surface area contributed by atoms with Crippen molar-refractivity contribution < 1.29 is 4.74 Å². The van der Waals surface area contributed by atoms with Gasteiger partial charge in [0, 0.05) is 39.1 Å². The molecule has 0 amide bonds. The number of hydrogen-bond acceptors (Lipinski definition) is 3. The van der Waals surface area contributed by atoms with E-state index in [1.807, 2.05) is 24.0 Å². The molecule has 1 aromatic rings. The van der Waals surface area contributed by atoms with E-state index in [2.05, 4.69) is 41.1 Å². The zero-order valence-electron chi connectivity index (χ0n) is 14.7. The summed E-state index contributed by atoms with van der Waals surface area (Å²) in [5, 5.41) is 7.62. The van der Waals surface area contributed by atoms with Crippen LogP contribution in [-0.2, 0) is 11.3 Å². The van der Waals surface area contributed by atoms with Crippen LogP contribution in [0.4, 0.5) is 0 Å². The highest BCUT2D eigenvalue weighted by molar-refractivity contribution is 14.0. The third-order valence-corrected chi connectivity index (χ3v) is 3.66. The highest BCUT2D eigenvalue weighted by Gasteiger charge is 2.25. The fraction of sp³-hybridized carbons (Fsp3) is 0.750. The van der Waals surface area contributed by atoms with E-state index in [4.69, 9.17) is 4.74 Å². The van der Waals surface area contributed by atoms with E-state index < -0.39 is 0 Å². The van der Waals surface area contributed by atoms with Crippen molar-refractivity contribution in [1.82, 2.24) is 20.0 Å². The topological polar surface area (TPSA) is 54.7 Å². The van der Waals surface area contributed by atoms with E-state index in [0.29, 0.717) is 6.10 Å². The lowest BCUT2D eigenvalue weighted by Crippen LogP contribution is -2.48. The van der Waals surface area contributed by atoms with Crippen molar-refractivity contribution in [2.45, 2.75) is 51.9 Å². The van der Waals surface area contributed by atoms with Gasteiger partial charge >= 0.3 is 0 Å². The number of halogens is 1. The molecule has 6 nitrogen and oxygen atoms in total. The molecule has 23 heavy (non-hydrogen) atoms. The van der Waals surface area contributed by atoms with E-state index in [1.54, 1.807) is 6.20 Å². The summed E-state index contributed by atoms with van der Waals surface area (Å²) in [6.45, 7) is 10.0. The molecule has 132 valence electrons. The van der Waals surface area contributed by atoms with E-state index in [1.165, 1.54) is 0 Å². The molecule has 1 fully saturated rings. The number of guanidine groups is 1. The summed E-state index contributed by atoms with van der Waals surface area (Å²) in [5.41, 5.74) is -0.0590. The molecule has 2 rings (SSSR count). The SMILES string of the molecule is CN=C(NCCn1cccn1)N1CCC(OC(C)(C)C)CC1.I. The summed E-state index contributed by atoms with van der Waals surface area (Å²) in [4.78, 5) is 6.70. The molecular weight excluding hydrogens is 405 g/mol. The predicted molar refractivity (Wildman–Crippen MR) is 104 cm³/mol. The molecule has 0 aromatic carbocycles. The lowest BCUT2D eigenvalue weighted by Gasteiger charge is -2.36. The van der Waals surface area contributed by atoms with Gasteiger partial charge in [-0.05, 0) is 39.7 Å². The summed E-state index contributed by atoms with van der Waals surface area (Å²) < 4.78 is 7.99. The van der Waals surface area contributed by atoms with Gasteiger partial charge in [-0.25, -0.2) is 0 Å². The lowest BCUT2D eigenvalue weighted by atomic mass is 10.1. The number of aliphatic imine (C=N–C) groups is 1. The van der Waals surface area contributed by atoms with Gasteiger partial charge in [0.25, 0.3) is 0 Å². The number of piperidine rings is 1. The maximum absolute atomic E-state index is 6.07. The molecule has 0 aliphatic carbocycles. The van der Waals surface area contributed by atoms with Gasteiger partial charge in [-0.15, -0.1) is 24.0 Å². The highest BCUT2D eigenvalue weighted by Crippen LogP contribution is 2.20. The molecule has 0 radical (unpaired) electrons. The highest BCUT2D eigenvalue weighted by atomic mass is 127. The Morgan fingerprint density at radius 2 is 2.04 bits per heavy atom. The Morgan fingerprint density at radius 3 is 2.57 bits per heavy atom. The minimum absolute atomic E-state index is 0. The zero-order valence-corrected chi connectivity index (χ0v) is 17.0. The van der Waals surface area contributed by atoms with E-state index in [-0.39, 0.29) is 29.6 Å². The Hall–Kier alpha value is -0.830. The van der Waals surface area contributed by atoms with E-state index >= 15 is 0 Å². The second kappa shape index (κ2) is 9.46. The Labute approximate surface area is 156 Å². The summed E-state index contributed by atoms with van der Waals surface area (Å²) in [7, 11) is 1.84. The Bertz CT molecular complexity index is 461. The van der Waals surface area contributed by atoms with Gasteiger partial charge < -0.3 is 15.0 Å². The van der Waals surface area contributed by atoms with Gasteiger partial charge in [-0.1, -0.05) is 0 Å². The van der Waals surface area contributed by atoms with Crippen LogP contribution in [-0.4, -0.2) is 59.0 Å². The standard InChI is InChI=1S/C16H29N5O.HI/c1-16(2,3)22-14-6-11-20(12-7-14)15(17-4)18-9-13-21-10-5-8-19-21;/h5,8,10,14H,6-7,9,11-13H2,1-4H3,(H,17,18);1H. The molecule has 7 heteroatoms. The largest absolute Gasteiger partial charge is 0.372 e. The maximum Gasteiger partial charge on any atom is 0.193 e. The van der Waals surface area contributed by atoms with Crippen molar-refractivity contribution in [1.29, 1.82) is 0 Å². The van der Waals surface area contributed by atoms with Gasteiger partial charge in [-0.2, -0.15) is 5.10 Å². The summed E-state index contributed by atoms with van der Waals surface area (Å²) in [5.74, 6) is 0.973. The van der Waals surface area contributed by atoms with Gasteiger partial charge in [-0.3, -0.25) is 9.67 Å². The van der Waals surface area contributed by atoms with Crippen molar-refractivity contribution in [3.05, 3.63) is 18.5 Å². The molecule has 0 bridgehead atoms. The Balaban J connectivity index is 0.00000264. The number of aromatic nitrogens is 2. The first-order valence-corrected chi connectivity index (χ1v) is 8.09. The van der Waals surface area contributed by atoms with E-state index in [9.17, 15) is 0 Å². The monoisotopic (exact) mass is 435 g/mol. The first-order valence-electron chi connectivity index (χ1n) is 8.09. The van der Waals surface area contributed by atoms with Gasteiger partial charge in [0.2, 0.25) is 0 Å². The second-order valence-corrected chi connectivity index (χ2v) is 6.66. The molecule has 1 aliphatic rings. The molecule has 1 N–H and O–H groups in total. The Morgan fingerprint density at radius 1 is 1.35 bits per heavy atom. The van der Waals surface area contributed by atoms with Crippen LogP contribution < -0.4 is 5.32 Å². The van der Waals surface area contributed by atoms with Crippen molar-refractivity contribution in [2.24, 2.45) is 4.99 Å². The molecule has 1 aliphatic heterocycles. The Kier molecular flexibility index (Phi) is 8.32. The first-order chi connectivity index (χ1) is 10.5. The molecule has 0 spiro atoms. The molecule has 0 atom stereocenters. The second-order valence-electron chi connectivity index (χ2n) is 6.66. The lowest BCUT2D eigenvalue weighted by molar-refractivity contribution is -0.0772. The van der Waals surface area contributed by atoms with Crippen LogP contribution in [0.2, 0.25) is 0 Å². The quantitative estimate of drug-likeness (QED) is 0.448. The van der Waals surface area contributed by atoms with Gasteiger partial charge in [0.15, 0.2) is 5.96 Å². The summed E-state index contributed by atoms with van der Waals surface area (Å²) in [6, 6.07) is 1.94. The van der Waals surface area contributed by atoms with Crippen LogP contribution in [0.1, 0.15) is 33.6 Å². The summed E-state index contributed by atoms with van der Waals surface area (Å²) >= 11 is 0. The summed E-state index contributed by atoms with van der Waals surface area (Å²) in [6.07, 6.45) is 6.24. The molecule has 0 saturated carbocycles. The predicted octanol–water partition coefficient (Wildman–Crippen LogP) is 2.36. The molecule has 2 heterocycles. The normalized spacial score (nSPS) is 17.0. The van der Waals surface area contributed by atoms with Gasteiger partial charge in [0.05, 0.1) is 18.2 Å². The number of nitrogens with zero attached hydrogens (tertiary/aromatic N) is 4. The molecule has 1 aromatic heterocycles. The minimum atomic E-state index is -0.0590. The van der Waals surface area contributed by atoms with Gasteiger partial charge in [0.1, 0.15) is 0 Å². The molecule has 0 unspecified atom stereocenters. The van der Waals surface area contributed by atoms with Crippen molar-refractivity contribution >= 4 is 29.9 Å². The average molecular weight is 435 g/mol. The first kappa shape index (κ1) is 20.2. The van der Waals surface area contributed by atoms with Crippen LogP contribution in [0.3, 0.4) is 0 Å². The third kappa shape index (κ3) is 7.07. The van der Waals surface area contributed by atoms with Crippen molar-refractivity contribution in [2.75, 3.05) is 26.7 Å². The molecular formula is C16H30IN5O. The van der Waals surface area contributed by atoms with Crippen molar-refractivity contribution in [3.63, 3.8) is 0 Å². The van der Waals surface area contributed by atoms with Crippen LogP contribution in [0, 0.1) is 0 Å². The average Bonchev–Trinajstić information content (AvgIpc) is 2.96. The molecule has 1 saturated heterocycles. The van der Waals surface area contributed by atoms with Crippen LogP contribution >= 0.6 is 24.0 Å². The number of hydrogen-bond donors (Lipinski definition) is 1. The smallest absolute Gasteiger partial charge is 0.193 e. The van der Waals surface area contributed by atoms with E-state index in [0.717, 1.165) is 45.0 Å². The third-order valence-electron chi connectivity index (χ3n) is 3.66. The van der Waals surface area contributed by atoms with Crippen LogP contribution in [0.25, 0.3) is 0 Å². The van der Waals surface area contributed by atoms with Crippen LogP contribution in [0.5, 0.6) is 0 Å². The number of ether oxygens (including phenoxy) is 1. The maximum atomic E-state index is 6.07. The number of likely N-dealkylation sites (tertiary alicyclic amines) is 1.